The van der Waals surface area contributed by atoms with E-state index >= 15 is 0 Å². The van der Waals surface area contributed by atoms with Gasteiger partial charge in [-0.1, -0.05) is 12.1 Å². The van der Waals surface area contributed by atoms with Gasteiger partial charge in [-0.2, -0.15) is 0 Å². The topological polar surface area (TPSA) is 32.3 Å². The van der Waals surface area contributed by atoms with Crippen LogP contribution in [0.2, 0.25) is 0 Å². The molecule has 0 amide bonds. The van der Waals surface area contributed by atoms with E-state index in [1.807, 2.05) is 0 Å². The number of piperidine rings is 1. The van der Waals surface area contributed by atoms with Crippen LogP contribution in [0.15, 0.2) is 24.3 Å². The largest absolute Gasteiger partial charge is 0.396 e. The zero-order chi connectivity index (χ0) is 11.4. The van der Waals surface area contributed by atoms with E-state index in [-0.39, 0.29) is 30.2 Å². The van der Waals surface area contributed by atoms with E-state index in [4.69, 9.17) is 0 Å². The SMILES string of the molecule is Cl.OCC1(Cc2ccc(F)cc2)CCCNC1. The molecule has 1 aliphatic rings. The van der Waals surface area contributed by atoms with E-state index in [2.05, 4.69) is 5.32 Å². The summed E-state index contributed by atoms with van der Waals surface area (Å²) >= 11 is 0. The van der Waals surface area contributed by atoms with Crippen LogP contribution in [-0.2, 0) is 6.42 Å². The number of hydrogen-bond donors (Lipinski definition) is 2. The van der Waals surface area contributed by atoms with Crippen molar-refractivity contribution in [1.82, 2.24) is 5.32 Å². The molecule has 1 fully saturated rings. The Bertz CT molecular complexity index is 336. The van der Waals surface area contributed by atoms with Crippen molar-refractivity contribution in [3.8, 4) is 0 Å². The highest BCUT2D eigenvalue weighted by Gasteiger charge is 2.31. The number of rotatable bonds is 3. The molecule has 2 N–H and O–H groups in total. The third-order valence-corrected chi connectivity index (χ3v) is 3.39. The smallest absolute Gasteiger partial charge is 0.123 e. The lowest BCUT2D eigenvalue weighted by atomic mass is 9.76. The summed E-state index contributed by atoms with van der Waals surface area (Å²) in [5, 5.41) is 12.9. The fraction of sp³-hybridized carbons (Fsp3) is 0.538. The Kier molecular flexibility index (Phi) is 5.37. The first-order valence-electron chi connectivity index (χ1n) is 5.80. The minimum absolute atomic E-state index is 0. The first-order chi connectivity index (χ1) is 7.74. The summed E-state index contributed by atoms with van der Waals surface area (Å²) in [7, 11) is 0. The molecule has 1 saturated heterocycles. The molecule has 0 spiro atoms. The fourth-order valence-electron chi connectivity index (χ4n) is 2.41. The Hall–Kier alpha value is -0.640. The number of aliphatic hydroxyl groups excluding tert-OH is 1. The van der Waals surface area contributed by atoms with Gasteiger partial charge in [-0.05, 0) is 43.5 Å². The van der Waals surface area contributed by atoms with E-state index in [0.29, 0.717) is 0 Å². The van der Waals surface area contributed by atoms with Gasteiger partial charge in [0.2, 0.25) is 0 Å². The molecule has 2 rings (SSSR count). The van der Waals surface area contributed by atoms with Gasteiger partial charge in [0.05, 0.1) is 6.61 Å². The molecule has 17 heavy (non-hydrogen) atoms. The second-order valence-electron chi connectivity index (χ2n) is 4.74. The van der Waals surface area contributed by atoms with Gasteiger partial charge < -0.3 is 10.4 Å². The molecule has 4 heteroatoms. The van der Waals surface area contributed by atoms with E-state index in [0.717, 1.165) is 37.9 Å². The molecule has 0 radical (unpaired) electrons. The zero-order valence-corrected chi connectivity index (χ0v) is 10.6. The predicted octanol–water partition coefficient (Wildman–Crippen LogP) is 2.15. The molecule has 1 atom stereocenters. The van der Waals surface area contributed by atoms with Crippen LogP contribution in [0.4, 0.5) is 4.39 Å². The van der Waals surface area contributed by atoms with Crippen molar-refractivity contribution in [1.29, 1.82) is 0 Å². The molecule has 2 nitrogen and oxygen atoms in total. The van der Waals surface area contributed by atoms with Crippen LogP contribution < -0.4 is 5.32 Å². The van der Waals surface area contributed by atoms with E-state index < -0.39 is 0 Å². The number of aliphatic hydroxyl groups is 1. The van der Waals surface area contributed by atoms with Crippen molar-refractivity contribution >= 4 is 12.4 Å². The van der Waals surface area contributed by atoms with Gasteiger partial charge in [0.25, 0.3) is 0 Å². The van der Waals surface area contributed by atoms with Gasteiger partial charge in [0.15, 0.2) is 0 Å². The molecule has 0 aliphatic carbocycles. The summed E-state index contributed by atoms with van der Waals surface area (Å²) < 4.78 is 12.8. The van der Waals surface area contributed by atoms with Crippen LogP contribution in [0.1, 0.15) is 18.4 Å². The molecule has 0 aromatic heterocycles. The van der Waals surface area contributed by atoms with E-state index in [1.54, 1.807) is 12.1 Å². The minimum Gasteiger partial charge on any atom is -0.396 e. The molecule has 0 saturated carbocycles. The minimum atomic E-state index is -0.205. The zero-order valence-electron chi connectivity index (χ0n) is 9.79. The highest BCUT2D eigenvalue weighted by atomic mass is 35.5. The maximum Gasteiger partial charge on any atom is 0.123 e. The first kappa shape index (κ1) is 14.4. The average Bonchev–Trinajstić information content (AvgIpc) is 2.33. The number of halogens is 2. The summed E-state index contributed by atoms with van der Waals surface area (Å²) in [5.74, 6) is -0.205. The van der Waals surface area contributed by atoms with Crippen molar-refractivity contribution < 1.29 is 9.50 Å². The summed E-state index contributed by atoms with van der Waals surface area (Å²) in [6.07, 6.45) is 2.95. The number of benzene rings is 1. The van der Waals surface area contributed by atoms with Crippen LogP contribution in [0, 0.1) is 11.2 Å². The van der Waals surface area contributed by atoms with Gasteiger partial charge in [0, 0.05) is 12.0 Å². The van der Waals surface area contributed by atoms with Gasteiger partial charge in [-0.3, -0.25) is 0 Å². The van der Waals surface area contributed by atoms with Crippen molar-refractivity contribution in [2.45, 2.75) is 19.3 Å². The normalized spacial score (nSPS) is 24.1. The van der Waals surface area contributed by atoms with Crippen molar-refractivity contribution in [2.75, 3.05) is 19.7 Å². The monoisotopic (exact) mass is 259 g/mol. The highest BCUT2D eigenvalue weighted by molar-refractivity contribution is 5.85. The molecule has 1 unspecified atom stereocenters. The van der Waals surface area contributed by atoms with Crippen LogP contribution in [0.25, 0.3) is 0 Å². The average molecular weight is 260 g/mol. The Morgan fingerprint density at radius 1 is 1.29 bits per heavy atom. The standard InChI is InChI=1S/C13H18FNO.ClH/c14-12-4-2-11(3-5-12)8-13(10-16)6-1-7-15-9-13;/h2-5,15-16H,1,6-10H2;1H. The van der Waals surface area contributed by atoms with E-state index in [1.165, 1.54) is 12.1 Å². The van der Waals surface area contributed by atoms with Crippen LogP contribution in [0.3, 0.4) is 0 Å². The molecule has 96 valence electrons. The Morgan fingerprint density at radius 3 is 2.53 bits per heavy atom. The summed E-state index contributed by atoms with van der Waals surface area (Å²) in [6.45, 7) is 2.07. The maximum atomic E-state index is 12.8. The molecular weight excluding hydrogens is 241 g/mol. The molecule has 1 aliphatic heterocycles. The Balaban J connectivity index is 0.00000144. The third-order valence-electron chi connectivity index (χ3n) is 3.39. The molecular formula is C13H19ClFNO. The van der Waals surface area contributed by atoms with E-state index in [9.17, 15) is 9.50 Å². The van der Waals surface area contributed by atoms with Gasteiger partial charge >= 0.3 is 0 Å². The quantitative estimate of drug-likeness (QED) is 0.872. The first-order valence-corrected chi connectivity index (χ1v) is 5.80. The summed E-state index contributed by atoms with van der Waals surface area (Å²) in [4.78, 5) is 0. The third kappa shape index (κ3) is 3.66. The second-order valence-corrected chi connectivity index (χ2v) is 4.74. The lowest BCUT2D eigenvalue weighted by molar-refractivity contribution is 0.0948. The maximum absolute atomic E-state index is 12.8. The molecule has 0 bridgehead atoms. The Labute approximate surface area is 108 Å². The molecule has 1 aromatic carbocycles. The summed E-state index contributed by atoms with van der Waals surface area (Å²) in [5.41, 5.74) is 1.04. The van der Waals surface area contributed by atoms with Crippen LogP contribution in [-0.4, -0.2) is 24.8 Å². The second kappa shape index (κ2) is 6.34. The Morgan fingerprint density at radius 2 is 2.00 bits per heavy atom. The van der Waals surface area contributed by atoms with Gasteiger partial charge in [0.1, 0.15) is 5.82 Å². The van der Waals surface area contributed by atoms with Gasteiger partial charge in [-0.25, -0.2) is 4.39 Å². The summed E-state index contributed by atoms with van der Waals surface area (Å²) in [6, 6.07) is 6.58. The van der Waals surface area contributed by atoms with Gasteiger partial charge in [-0.15, -0.1) is 12.4 Å². The van der Waals surface area contributed by atoms with Crippen LogP contribution in [0.5, 0.6) is 0 Å². The number of nitrogens with one attached hydrogen (secondary N) is 1. The van der Waals surface area contributed by atoms with Crippen LogP contribution >= 0.6 is 12.4 Å². The fourth-order valence-corrected chi connectivity index (χ4v) is 2.41. The predicted molar refractivity (Wildman–Crippen MR) is 69.0 cm³/mol. The lowest BCUT2D eigenvalue weighted by Crippen LogP contribution is -2.44. The van der Waals surface area contributed by atoms with Crippen molar-refractivity contribution in [2.24, 2.45) is 5.41 Å². The van der Waals surface area contributed by atoms with Crippen molar-refractivity contribution in [3.63, 3.8) is 0 Å². The highest BCUT2D eigenvalue weighted by Crippen LogP contribution is 2.30. The molecule has 1 heterocycles. The number of hydrogen-bond acceptors (Lipinski definition) is 2. The van der Waals surface area contributed by atoms with Crippen molar-refractivity contribution in [3.05, 3.63) is 35.6 Å². The lowest BCUT2D eigenvalue weighted by Gasteiger charge is -2.36. The molecule has 1 aromatic rings.